The van der Waals surface area contributed by atoms with Crippen LogP contribution in [-0.4, -0.2) is 63.0 Å². The molecule has 2 aromatic carbocycles. The topological polar surface area (TPSA) is 70.2 Å². The van der Waals surface area contributed by atoms with Gasteiger partial charge >= 0.3 is 0 Å². The molecule has 2 fully saturated rings. The molecule has 0 radical (unpaired) electrons. The van der Waals surface area contributed by atoms with Crippen molar-refractivity contribution in [2.45, 2.75) is 26.7 Å². The molecule has 0 saturated carbocycles. The van der Waals surface area contributed by atoms with Crippen molar-refractivity contribution in [1.82, 2.24) is 4.90 Å². The Kier molecular flexibility index (Phi) is 6.49. The van der Waals surface area contributed by atoms with Crippen LogP contribution in [0.15, 0.2) is 48.5 Å². The van der Waals surface area contributed by atoms with Crippen LogP contribution in [0.2, 0.25) is 0 Å². The molecule has 0 bridgehead atoms. The first-order valence-electron chi connectivity index (χ1n) is 11.7. The summed E-state index contributed by atoms with van der Waals surface area (Å²) in [5, 5.41) is 0. The number of carbonyl (C=O) groups excluding carboxylic acids is 3. The monoisotopic (exact) mass is 463 g/mol. The molecule has 7 heteroatoms. The molecule has 3 amide bonds. The summed E-state index contributed by atoms with van der Waals surface area (Å²) >= 11 is 0. The molecule has 2 heterocycles. The standard InChI is InChI=1S/C27H33N3O4/c1-18-6-10-21(11-7-18)30-25(32)22(24(31)29-14-16-34-17-15-29)23(27(2,3)26(30)33)19-8-12-20(13-9-19)28(4)5/h6-13,22-23H,14-17H2,1-5H3/t22-,23-/m0/s1. The van der Waals surface area contributed by atoms with E-state index in [1.807, 2.05) is 76.2 Å². The smallest absolute Gasteiger partial charge is 0.247 e. The van der Waals surface area contributed by atoms with E-state index in [-0.39, 0.29) is 11.8 Å². The van der Waals surface area contributed by atoms with Crippen molar-refractivity contribution < 1.29 is 19.1 Å². The number of hydrogen-bond acceptors (Lipinski definition) is 5. The molecule has 2 atom stereocenters. The van der Waals surface area contributed by atoms with Crippen molar-refractivity contribution in [3.63, 3.8) is 0 Å². The maximum Gasteiger partial charge on any atom is 0.247 e. The SMILES string of the molecule is Cc1ccc(N2C(=O)[C@H](C(=O)N3CCOCC3)[C@H](c3ccc(N(C)C)cc3)C(C)(C)C2=O)cc1. The van der Waals surface area contributed by atoms with E-state index in [1.54, 1.807) is 17.0 Å². The maximum absolute atomic E-state index is 14.0. The van der Waals surface area contributed by atoms with Crippen LogP contribution >= 0.6 is 0 Å². The van der Waals surface area contributed by atoms with Gasteiger partial charge in [-0.25, -0.2) is 4.90 Å². The molecular weight excluding hydrogens is 430 g/mol. The van der Waals surface area contributed by atoms with Gasteiger partial charge in [-0.3, -0.25) is 14.4 Å². The van der Waals surface area contributed by atoms with Gasteiger partial charge in [-0.05, 0) is 36.8 Å². The lowest BCUT2D eigenvalue weighted by atomic mass is 9.64. The van der Waals surface area contributed by atoms with E-state index in [4.69, 9.17) is 4.74 Å². The number of nitrogens with zero attached hydrogens (tertiary/aromatic N) is 3. The molecule has 2 aromatic rings. The molecule has 2 aliphatic heterocycles. The van der Waals surface area contributed by atoms with Crippen LogP contribution in [0.4, 0.5) is 11.4 Å². The molecule has 34 heavy (non-hydrogen) atoms. The minimum Gasteiger partial charge on any atom is -0.378 e. The summed E-state index contributed by atoms with van der Waals surface area (Å²) in [4.78, 5) is 46.5. The van der Waals surface area contributed by atoms with Crippen LogP contribution in [-0.2, 0) is 19.1 Å². The number of morpholine rings is 1. The number of ether oxygens (including phenoxy) is 1. The average Bonchev–Trinajstić information content (AvgIpc) is 2.83. The number of carbonyl (C=O) groups is 3. The molecule has 2 saturated heterocycles. The van der Waals surface area contributed by atoms with Crippen LogP contribution in [0.5, 0.6) is 0 Å². The molecule has 180 valence electrons. The largest absolute Gasteiger partial charge is 0.378 e. The highest BCUT2D eigenvalue weighted by Gasteiger charge is 2.57. The number of rotatable bonds is 4. The summed E-state index contributed by atoms with van der Waals surface area (Å²) in [7, 11) is 3.91. The van der Waals surface area contributed by atoms with E-state index in [9.17, 15) is 14.4 Å². The van der Waals surface area contributed by atoms with Gasteiger partial charge in [0.2, 0.25) is 17.7 Å². The highest BCUT2D eigenvalue weighted by atomic mass is 16.5. The molecule has 0 aromatic heterocycles. The highest BCUT2D eigenvalue weighted by molar-refractivity contribution is 6.24. The second-order valence-electron chi connectivity index (χ2n) is 9.91. The van der Waals surface area contributed by atoms with Gasteiger partial charge in [0.05, 0.1) is 24.3 Å². The Bertz CT molecular complexity index is 1070. The first-order chi connectivity index (χ1) is 16.1. The molecule has 0 N–H and O–H groups in total. The Labute approximate surface area is 201 Å². The van der Waals surface area contributed by atoms with E-state index in [0.29, 0.717) is 32.0 Å². The lowest BCUT2D eigenvalue weighted by Gasteiger charge is -2.47. The number of anilines is 2. The summed E-state index contributed by atoms with van der Waals surface area (Å²) in [5.74, 6) is -2.59. The normalized spacial score (nSPS) is 22.6. The molecule has 0 aliphatic carbocycles. The molecular formula is C27H33N3O4. The van der Waals surface area contributed by atoms with Crippen LogP contribution in [0.3, 0.4) is 0 Å². The van der Waals surface area contributed by atoms with Gasteiger partial charge < -0.3 is 14.5 Å². The fourth-order valence-corrected chi connectivity index (χ4v) is 4.98. The summed E-state index contributed by atoms with van der Waals surface area (Å²) in [6.45, 7) is 7.39. The van der Waals surface area contributed by atoms with Crippen LogP contribution in [0.25, 0.3) is 0 Å². The zero-order valence-electron chi connectivity index (χ0n) is 20.6. The summed E-state index contributed by atoms with van der Waals surface area (Å²) in [5.41, 5.74) is 2.36. The first kappa shape index (κ1) is 24.0. The second kappa shape index (κ2) is 9.22. The van der Waals surface area contributed by atoms with Gasteiger partial charge in [0.25, 0.3) is 0 Å². The number of amides is 3. The molecule has 2 aliphatic rings. The van der Waals surface area contributed by atoms with Gasteiger partial charge in [-0.2, -0.15) is 0 Å². The van der Waals surface area contributed by atoms with Crippen molar-refractivity contribution in [3.05, 3.63) is 59.7 Å². The van der Waals surface area contributed by atoms with Crippen molar-refractivity contribution in [3.8, 4) is 0 Å². The van der Waals surface area contributed by atoms with E-state index in [1.165, 1.54) is 4.90 Å². The number of imide groups is 1. The van der Waals surface area contributed by atoms with Crippen molar-refractivity contribution in [2.24, 2.45) is 11.3 Å². The lowest BCUT2D eigenvalue weighted by Crippen LogP contribution is -2.61. The second-order valence-corrected chi connectivity index (χ2v) is 9.91. The van der Waals surface area contributed by atoms with E-state index < -0.39 is 23.2 Å². The average molecular weight is 464 g/mol. The van der Waals surface area contributed by atoms with Gasteiger partial charge in [0.15, 0.2) is 0 Å². The molecule has 0 unspecified atom stereocenters. The van der Waals surface area contributed by atoms with E-state index >= 15 is 0 Å². The van der Waals surface area contributed by atoms with Gasteiger partial charge in [0.1, 0.15) is 5.92 Å². The molecule has 4 rings (SSSR count). The van der Waals surface area contributed by atoms with E-state index in [2.05, 4.69) is 0 Å². The Morgan fingerprint density at radius 2 is 1.56 bits per heavy atom. The fourth-order valence-electron chi connectivity index (χ4n) is 4.98. The summed E-state index contributed by atoms with van der Waals surface area (Å²) in [6.07, 6.45) is 0. The third-order valence-electron chi connectivity index (χ3n) is 7.00. The minimum atomic E-state index is -1.00. The third kappa shape index (κ3) is 4.20. The van der Waals surface area contributed by atoms with Gasteiger partial charge in [-0.1, -0.05) is 43.7 Å². The first-order valence-corrected chi connectivity index (χ1v) is 11.7. The Balaban J connectivity index is 1.82. The zero-order chi connectivity index (χ0) is 24.6. The van der Waals surface area contributed by atoms with Gasteiger partial charge in [-0.15, -0.1) is 0 Å². The Hall–Kier alpha value is -3.19. The summed E-state index contributed by atoms with van der Waals surface area (Å²) in [6, 6.07) is 15.1. The van der Waals surface area contributed by atoms with Crippen molar-refractivity contribution >= 4 is 29.1 Å². The number of hydrogen-bond donors (Lipinski definition) is 0. The minimum absolute atomic E-state index is 0.243. The van der Waals surface area contributed by atoms with Crippen molar-refractivity contribution in [2.75, 3.05) is 50.2 Å². The van der Waals surface area contributed by atoms with Crippen LogP contribution in [0.1, 0.15) is 30.9 Å². The maximum atomic E-state index is 14.0. The summed E-state index contributed by atoms with van der Waals surface area (Å²) < 4.78 is 5.42. The number of piperidine rings is 1. The van der Waals surface area contributed by atoms with Gasteiger partial charge in [0, 0.05) is 38.8 Å². The number of benzene rings is 2. The number of aryl methyl sites for hydroxylation is 1. The lowest BCUT2D eigenvalue weighted by molar-refractivity contribution is -0.152. The molecule has 0 spiro atoms. The predicted octanol–water partition coefficient (Wildman–Crippen LogP) is 3.22. The van der Waals surface area contributed by atoms with E-state index in [0.717, 1.165) is 16.8 Å². The fraction of sp³-hybridized carbons (Fsp3) is 0.444. The Morgan fingerprint density at radius 1 is 0.971 bits per heavy atom. The van der Waals surface area contributed by atoms with Crippen LogP contribution in [0, 0.1) is 18.3 Å². The zero-order valence-corrected chi connectivity index (χ0v) is 20.6. The predicted molar refractivity (Wildman–Crippen MR) is 132 cm³/mol. The Morgan fingerprint density at radius 3 is 2.12 bits per heavy atom. The third-order valence-corrected chi connectivity index (χ3v) is 7.00. The van der Waals surface area contributed by atoms with Crippen LogP contribution < -0.4 is 9.80 Å². The quantitative estimate of drug-likeness (QED) is 0.514. The van der Waals surface area contributed by atoms with Crippen molar-refractivity contribution in [1.29, 1.82) is 0 Å². The molecule has 7 nitrogen and oxygen atoms in total. The highest BCUT2D eigenvalue weighted by Crippen LogP contribution is 2.48.